The van der Waals surface area contributed by atoms with Gasteiger partial charge in [-0.15, -0.1) is 0 Å². The number of hydrogen-bond donors (Lipinski definition) is 0. The van der Waals surface area contributed by atoms with Crippen LogP contribution in [0.2, 0.25) is 0 Å². The van der Waals surface area contributed by atoms with Gasteiger partial charge in [0.15, 0.2) is 5.78 Å². The van der Waals surface area contributed by atoms with Crippen molar-refractivity contribution in [3.63, 3.8) is 0 Å². The Bertz CT molecular complexity index is 518. The Morgan fingerprint density at radius 1 is 1.24 bits per heavy atom. The maximum absolute atomic E-state index is 13.0. The van der Waals surface area contributed by atoms with Gasteiger partial charge in [-0.3, -0.25) is 9.59 Å². The first-order valence-corrected chi connectivity index (χ1v) is 6.81. The Morgan fingerprint density at radius 2 is 1.76 bits per heavy atom. The highest BCUT2D eigenvalue weighted by Crippen LogP contribution is 2.55. The highest BCUT2D eigenvalue weighted by molar-refractivity contribution is 6.01. The van der Waals surface area contributed by atoms with Gasteiger partial charge < -0.3 is 4.90 Å². The largest absolute Gasteiger partial charge is 0.390 e. The zero-order valence-corrected chi connectivity index (χ0v) is 12.2. The second kappa shape index (κ2) is 4.71. The van der Waals surface area contributed by atoms with Crippen LogP contribution in [0.25, 0.3) is 0 Å². The van der Waals surface area contributed by atoms with Crippen LogP contribution in [0.1, 0.15) is 27.2 Å². The highest BCUT2D eigenvalue weighted by atomic mass is 19.4. The summed E-state index contributed by atoms with van der Waals surface area (Å²) in [4.78, 5) is 25.3. The van der Waals surface area contributed by atoms with Crippen molar-refractivity contribution in [3.8, 4) is 0 Å². The summed E-state index contributed by atoms with van der Waals surface area (Å²) in [6, 6.07) is -0.191. The summed E-state index contributed by atoms with van der Waals surface area (Å²) in [6.07, 6.45) is -0.224. The third-order valence-electron chi connectivity index (χ3n) is 4.46. The molecule has 0 radical (unpaired) electrons. The minimum Gasteiger partial charge on any atom is -0.339 e. The molecule has 1 heterocycles. The summed E-state index contributed by atoms with van der Waals surface area (Å²) in [5, 5.41) is 0. The van der Waals surface area contributed by atoms with Crippen LogP contribution < -0.4 is 0 Å². The van der Waals surface area contributed by atoms with Crippen molar-refractivity contribution in [2.75, 3.05) is 6.54 Å². The normalized spacial score (nSPS) is 28.2. The Kier molecular flexibility index (Phi) is 3.54. The van der Waals surface area contributed by atoms with E-state index in [-0.39, 0.29) is 18.4 Å². The van der Waals surface area contributed by atoms with E-state index < -0.39 is 29.3 Å². The van der Waals surface area contributed by atoms with Crippen LogP contribution in [0, 0.1) is 10.8 Å². The fraction of sp³-hybridized carbons (Fsp3) is 0.600. The van der Waals surface area contributed by atoms with E-state index in [1.165, 1.54) is 36.1 Å². The number of ketones is 1. The molecule has 0 aromatic rings. The number of likely N-dealkylation sites (tertiary alicyclic amines) is 1. The van der Waals surface area contributed by atoms with Crippen molar-refractivity contribution in [3.05, 3.63) is 24.3 Å². The number of allylic oxidation sites excluding steroid dienone is 2. The van der Waals surface area contributed by atoms with Gasteiger partial charge in [-0.2, -0.15) is 13.2 Å². The van der Waals surface area contributed by atoms with E-state index in [2.05, 4.69) is 0 Å². The predicted molar refractivity (Wildman–Crippen MR) is 71.3 cm³/mol. The molecule has 2 rings (SSSR count). The third kappa shape index (κ3) is 2.51. The van der Waals surface area contributed by atoms with Crippen molar-refractivity contribution in [2.45, 2.75) is 39.4 Å². The van der Waals surface area contributed by atoms with E-state index in [1.807, 2.05) is 0 Å². The van der Waals surface area contributed by atoms with Gasteiger partial charge in [0.05, 0.1) is 11.8 Å². The van der Waals surface area contributed by atoms with E-state index in [0.717, 1.165) is 0 Å². The fourth-order valence-corrected chi connectivity index (χ4v) is 3.15. The molecule has 0 bridgehead atoms. The molecule has 6 heteroatoms. The number of halogens is 3. The molecule has 21 heavy (non-hydrogen) atoms. The molecule has 1 aliphatic heterocycles. The molecular formula is C15H18F3NO2. The molecule has 116 valence electrons. The molecule has 1 fully saturated rings. The summed E-state index contributed by atoms with van der Waals surface area (Å²) >= 11 is 0. The first-order valence-electron chi connectivity index (χ1n) is 6.81. The fourth-order valence-electron chi connectivity index (χ4n) is 3.15. The lowest BCUT2D eigenvalue weighted by Crippen LogP contribution is -2.43. The van der Waals surface area contributed by atoms with Gasteiger partial charge in [0.2, 0.25) is 5.91 Å². The van der Waals surface area contributed by atoms with Gasteiger partial charge in [-0.05, 0) is 32.9 Å². The molecule has 0 N–H and O–H groups in total. The minimum absolute atomic E-state index is 0.163. The summed E-state index contributed by atoms with van der Waals surface area (Å²) in [5.74, 6) is -0.788. The lowest BCUT2D eigenvalue weighted by Gasteiger charge is -2.37. The predicted octanol–water partition coefficient (Wildman–Crippen LogP) is 2.88. The number of amides is 1. The lowest BCUT2D eigenvalue weighted by molar-refractivity contribution is -0.172. The lowest BCUT2D eigenvalue weighted by atomic mass is 9.63. The van der Waals surface area contributed by atoms with Gasteiger partial charge in [0.1, 0.15) is 0 Å². The Morgan fingerprint density at radius 3 is 2.19 bits per heavy atom. The van der Waals surface area contributed by atoms with Gasteiger partial charge in [-0.25, -0.2) is 0 Å². The minimum atomic E-state index is -4.45. The van der Waals surface area contributed by atoms with E-state index in [4.69, 9.17) is 0 Å². The summed E-state index contributed by atoms with van der Waals surface area (Å²) in [7, 11) is 0. The first kappa shape index (κ1) is 15.8. The number of carbonyl (C=O) groups is 2. The van der Waals surface area contributed by atoms with Crippen LogP contribution >= 0.6 is 0 Å². The van der Waals surface area contributed by atoms with Gasteiger partial charge >= 0.3 is 6.18 Å². The van der Waals surface area contributed by atoms with E-state index in [9.17, 15) is 22.8 Å². The van der Waals surface area contributed by atoms with Crippen molar-refractivity contribution >= 4 is 11.7 Å². The second-order valence-corrected chi connectivity index (χ2v) is 6.26. The van der Waals surface area contributed by atoms with Crippen molar-refractivity contribution in [2.24, 2.45) is 10.8 Å². The Hall–Kier alpha value is -1.59. The summed E-state index contributed by atoms with van der Waals surface area (Å²) in [6.45, 7) is 5.05. The Labute approximate surface area is 121 Å². The molecule has 3 nitrogen and oxygen atoms in total. The monoisotopic (exact) mass is 301 g/mol. The molecule has 1 unspecified atom stereocenters. The average molecular weight is 301 g/mol. The van der Waals surface area contributed by atoms with Crippen molar-refractivity contribution < 1.29 is 22.8 Å². The molecule has 0 aromatic carbocycles. The summed E-state index contributed by atoms with van der Waals surface area (Å²) in [5.41, 5.74) is -2.71. The van der Waals surface area contributed by atoms with Crippen LogP contribution in [-0.4, -0.2) is 35.4 Å². The molecule has 1 saturated heterocycles. The van der Waals surface area contributed by atoms with E-state index >= 15 is 0 Å². The molecule has 1 aliphatic carbocycles. The maximum Gasteiger partial charge on any atom is 0.390 e. The van der Waals surface area contributed by atoms with E-state index in [0.29, 0.717) is 0 Å². The SMILES string of the molecule is CC(C)N1CC2(C=CC(=O)C=C2)C(C)(CC(F)(F)F)C1=O. The molecule has 0 saturated carbocycles. The Balaban J connectivity index is 2.51. The smallest absolute Gasteiger partial charge is 0.339 e. The zero-order valence-electron chi connectivity index (χ0n) is 12.2. The second-order valence-electron chi connectivity index (χ2n) is 6.26. The van der Waals surface area contributed by atoms with Gasteiger partial charge in [-0.1, -0.05) is 12.2 Å². The highest BCUT2D eigenvalue weighted by Gasteiger charge is 2.62. The molecule has 1 atom stereocenters. The number of carbonyl (C=O) groups excluding carboxylic acids is 2. The third-order valence-corrected chi connectivity index (χ3v) is 4.46. The van der Waals surface area contributed by atoms with Gasteiger partial charge in [0, 0.05) is 18.0 Å². The van der Waals surface area contributed by atoms with Crippen molar-refractivity contribution in [1.82, 2.24) is 4.90 Å². The van der Waals surface area contributed by atoms with E-state index in [1.54, 1.807) is 13.8 Å². The molecule has 2 aliphatic rings. The summed E-state index contributed by atoms with van der Waals surface area (Å²) < 4.78 is 38.9. The number of rotatable bonds is 2. The van der Waals surface area contributed by atoms with Crippen LogP contribution in [0.5, 0.6) is 0 Å². The molecular weight excluding hydrogens is 283 g/mol. The quantitative estimate of drug-likeness (QED) is 0.786. The average Bonchev–Trinajstić information content (AvgIpc) is 2.53. The van der Waals surface area contributed by atoms with Crippen LogP contribution in [-0.2, 0) is 9.59 Å². The number of nitrogens with zero attached hydrogens (tertiary/aromatic N) is 1. The molecule has 1 amide bonds. The zero-order chi connectivity index (χ0) is 16.1. The maximum atomic E-state index is 13.0. The van der Waals surface area contributed by atoms with Crippen LogP contribution in [0.4, 0.5) is 13.2 Å². The van der Waals surface area contributed by atoms with Gasteiger partial charge in [0.25, 0.3) is 0 Å². The number of hydrogen-bond acceptors (Lipinski definition) is 2. The van der Waals surface area contributed by atoms with Crippen LogP contribution in [0.15, 0.2) is 24.3 Å². The first-order chi connectivity index (χ1) is 9.51. The van der Waals surface area contributed by atoms with Crippen molar-refractivity contribution in [1.29, 1.82) is 0 Å². The number of alkyl halides is 3. The topological polar surface area (TPSA) is 37.4 Å². The molecule has 0 aromatic heterocycles. The molecule has 1 spiro atoms. The standard InChI is InChI=1S/C15H18F3NO2/c1-10(2)19-9-14(6-4-11(20)5-7-14)13(3,12(19)21)8-15(16,17)18/h4-7,10H,8-9H2,1-3H3. The van der Waals surface area contributed by atoms with Crippen LogP contribution in [0.3, 0.4) is 0 Å².